The van der Waals surface area contributed by atoms with Crippen molar-refractivity contribution >= 4 is 6.03 Å². The number of urea groups is 1. The zero-order valence-corrected chi connectivity index (χ0v) is 15.6. The normalized spacial score (nSPS) is 29.4. The summed E-state index contributed by atoms with van der Waals surface area (Å²) in [7, 11) is 0. The smallest absolute Gasteiger partial charge is 0.317 e. The zero-order valence-electron chi connectivity index (χ0n) is 15.6. The number of hydrogen-bond acceptors (Lipinski definition) is 3. The summed E-state index contributed by atoms with van der Waals surface area (Å²) in [5.41, 5.74) is 0. The summed E-state index contributed by atoms with van der Waals surface area (Å²) < 4.78 is 5.98. The lowest BCUT2D eigenvalue weighted by Gasteiger charge is -2.32. The number of nitrogens with zero attached hydrogens (tertiary/aromatic N) is 2. The Labute approximate surface area is 152 Å². The van der Waals surface area contributed by atoms with Crippen LogP contribution in [0.3, 0.4) is 0 Å². The number of carbonyl (C=O) groups is 1. The predicted molar refractivity (Wildman–Crippen MR) is 98.6 cm³/mol. The molecule has 0 unspecified atom stereocenters. The van der Waals surface area contributed by atoms with Gasteiger partial charge in [0.05, 0.1) is 6.10 Å². The standard InChI is InChI=1S/C20H35N3O2/c24-20(23-11-8-19(9-12-23)25-15-17-5-6-17)21-18-7-10-22(14-18)13-16-3-1-2-4-16/h16-19H,1-15H2,(H,21,24)/t18-/m0/s1. The van der Waals surface area contributed by atoms with Gasteiger partial charge in [-0.25, -0.2) is 4.79 Å². The van der Waals surface area contributed by atoms with E-state index in [0.717, 1.165) is 63.9 Å². The van der Waals surface area contributed by atoms with Crippen molar-refractivity contribution in [2.75, 3.05) is 39.3 Å². The Hall–Kier alpha value is -0.810. The van der Waals surface area contributed by atoms with Gasteiger partial charge in [0.2, 0.25) is 0 Å². The van der Waals surface area contributed by atoms with E-state index in [1.807, 2.05) is 4.90 Å². The van der Waals surface area contributed by atoms with Crippen LogP contribution in [-0.4, -0.2) is 67.3 Å². The SMILES string of the molecule is O=C(N[C@H]1CCN(CC2CCCC2)C1)N1CCC(OCC2CC2)CC1. The van der Waals surface area contributed by atoms with Crippen LogP contribution in [0.1, 0.15) is 57.8 Å². The van der Waals surface area contributed by atoms with Gasteiger partial charge in [-0.3, -0.25) is 0 Å². The Morgan fingerprint density at radius 3 is 2.40 bits per heavy atom. The number of amides is 2. The zero-order chi connectivity index (χ0) is 17.1. The molecule has 0 spiro atoms. The van der Waals surface area contributed by atoms with Gasteiger partial charge in [0.25, 0.3) is 0 Å². The minimum atomic E-state index is 0.147. The second-order valence-corrected chi connectivity index (χ2v) is 8.81. The highest BCUT2D eigenvalue weighted by Gasteiger charge is 2.30. The fraction of sp³-hybridized carbons (Fsp3) is 0.950. The van der Waals surface area contributed by atoms with Crippen LogP contribution in [0, 0.1) is 11.8 Å². The van der Waals surface area contributed by atoms with Crippen molar-refractivity contribution in [1.82, 2.24) is 15.1 Å². The molecule has 2 heterocycles. The second kappa shape index (κ2) is 8.26. The highest BCUT2D eigenvalue weighted by atomic mass is 16.5. The number of nitrogens with one attached hydrogen (secondary N) is 1. The molecule has 142 valence electrons. The summed E-state index contributed by atoms with van der Waals surface area (Å²) in [5, 5.41) is 3.28. The van der Waals surface area contributed by atoms with E-state index < -0.39 is 0 Å². The summed E-state index contributed by atoms with van der Waals surface area (Å²) in [4.78, 5) is 17.1. The average molecular weight is 350 g/mol. The number of rotatable bonds is 6. The maximum absolute atomic E-state index is 12.5. The molecule has 5 nitrogen and oxygen atoms in total. The quantitative estimate of drug-likeness (QED) is 0.802. The van der Waals surface area contributed by atoms with Gasteiger partial charge in [-0.2, -0.15) is 0 Å². The molecule has 1 atom stereocenters. The van der Waals surface area contributed by atoms with Gasteiger partial charge in [0, 0.05) is 45.4 Å². The minimum Gasteiger partial charge on any atom is -0.378 e. The highest BCUT2D eigenvalue weighted by molar-refractivity contribution is 5.74. The summed E-state index contributed by atoms with van der Waals surface area (Å²) in [6.45, 7) is 6.08. The van der Waals surface area contributed by atoms with E-state index >= 15 is 0 Å². The molecule has 5 heteroatoms. The van der Waals surface area contributed by atoms with Crippen LogP contribution in [0.5, 0.6) is 0 Å². The maximum Gasteiger partial charge on any atom is 0.317 e. The van der Waals surface area contributed by atoms with Crippen molar-refractivity contribution in [2.24, 2.45) is 11.8 Å². The van der Waals surface area contributed by atoms with Crippen LogP contribution in [0.15, 0.2) is 0 Å². The van der Waals surface area contributed by atoms with Crippen molar-refractivity contribution in [3.8, 4) is 0 Å². The number of hydrogen-bond donors (Lipinski definition) is 1. The first-order valence-corrected chi connectivity index (χ1v) is 10.7. The Morgan fingerprint density at radius 1 is 0.920 bits per heavy atom. The fourth-order valence-corrected chi connectivity index (χ4v) is 4.72. The molecule has 0 bridgehead atoms. The van der Waals surface area contributed by atoms with Crippen molar-refractivity contribution < 1.29 is 9.53 Å². The molecule has 0 aromatic heterocycles. The lowest BCUT2D eigenvalue weighted by atomic mass is 10.1. The molecule has 0 aromatic rings. The van der Waals surface area contributed by atoms with Gasteiger partial charge in [0.1, 0.15) is 0 Å². The fourth-order valence-electron chi connectivity index (χ4n) is 4.72. The molecular weight excluding hydrogens is 314 g/mol. The van der Waals surface area contributed by atoms with E-state index in [0.29, 0.717) is 12.1 Å². The van der Waals surface area contributed by atoms with Gasteiger partial charge in [-0.15, -0.1) is 0 Å². The Kier molecular flexibility index (Phi) is 5.81. The summed E-state index contributed by atoms with van der Waals surface area (Å²) in [5.74, 6) is 1.74. The molecule has 0 radical (unpaired) electrons. The molecule has 4 fully saturated rings. The third kappa shape index (κ3) is 5.10. The summed E-state index contributed by atoms with van der Waals surface area (Å²) in [6.07, 6.45) is 11.8. The largest absolute Gasteiger partial charge is 0.378 e. The molecule has 2 saturated carbocycles. The van der Waals surface area contributed by atoms with Gasteiger partial charge >= 0.3 is 6.03 Å². The van der Waals surface area contributed by atoms with E-state index in [-0.39, 0.29) is 6.03 Å². The minimum absolute atomic E-state index is 0.147. The lowest BCUT2D eigenvalue weighted by Crippen LogP contribution is -2.49. The van der Waals surface area contributed by atoms with Gasteiger partial charge < -0.3 is 19.9 Å². The second-order valence-electron chi connectivity index (χ2n) is 8.81. The predicted octanol–water partition coefficient (Wildman–Crippen LogP) is 2.85. The van der Waals surface area contributed by atoms with Crippen LogP contribution >= 0.6 is 0 Å². The van der Waals surface area contributed by atoms with Crippen molar-refractivity contribution in [3.63, 3.8) is 0 Å². The highest BCUT2D eigenvalue weighted by Crippen LogP contribution is 2.30. The number of carbonyl (C=O) groups excluding carboxylic acids is 1. The first-order chi connectivity index (χ1) is 12.3. The van der Waals surface area contributed by atoms with Gasteiger partial charge in [-0.1, -0.05) is 12.8 Å². The molecular formula is C20H35N3O2. The molecule has 2 amide bonds. The molecule has 1 N–H and O–H groups in total. The number of ether oxygens (including phenoxy) is 1. The Bertz CT molecular complexity index is 440. The Balaban J connectivity index is 1.13. The third-order valence-corrected chi connectivity index (χ3v) is 6.58. The number of piperidine rings is 1. The van der Waals surface area contributed by atoms with Crippen LogP contribution in [0.25, 0.3) is 0 Å². The maximum atomic E-state index is 12.5. The summed E-state index contributed by atoms with van der Waals surface area (Å²) >= 11 is 0. The molecule has 2 saturated heterocycles. The topological polar surface area (TPSA) is 44.8 Å². The van der Waals surface area contributed by atoms with Crippen LogP contribution in [0.4, 0.5) is 4.79 Å². The monoisotopic (exact) mass is 349 g/mol. The van der Waals surface area contributed by atoms with Crippen molar-refractivity contribution in [3.05, 3.63) is 0 Å². The van der Waals surface area contributed by atoms with Crippen LogP contribution < -0.4 is 5.32 Å². The van der Waals surface area contributed by atoms with E-state index in [2.05, 4.69) is 10.2 Å². The molecule has 25 heavy (non-hydrogen) atoms. The molecule has 2 aliphatic heterocycles. The first-order valence-electron chi connectivity index (χ1n) is 10.7. The molecule has 2 aliphatic carbocycles. The van der Waals surface area contributed by atoms with Crippen molar-refractivity contribution in [2.45, 2.75) is 69.9 Å². The number of likely N-dealkylation sites (tertiary alicyclic amines) is 2. The van der Waals surface area contributed by atoms with Gasteiger partial charge in [0.15, 0.2) is 0 Å². The van der Waals surface area contributed by atoms with Crippen LogP contribution in [0.2, 0.25) is 0 Å². The molecule has 4 aliphatic rings. The first kappa shape index (κ1) is 17.6. The lowest BCUT2D eigenvalue weighted by molar-refractivity contribution is 0.00931. The van der Waals surface area contributed by atoms with E-state index in [9.17, 15) is 4.79 Å². The van der Waals surface area contributed by atoms with E-state index in [1.54, 1.807) is 0 Å². The molecule has 0 aromatic carbocycles. The van der Waals surface area contributed by atoms with Crippen LogP contribution in [-0.2, 0) is 4.74 Å². The van der Waals surface area contributed by atoms with E-state index in [4.69, 9.17) is 4.74 Å². The van der Waals surface area contributed by atoms with Crippen molar-refractivity contribution in [1.29, 1.82) is 0 Å². The average Bonchev–Trinajstić information content (AvgIpc) is 3.12. The molecule has 4 rings (SSSR count). The Morgan fingerprint density at radius 2 is 1.68 bits per heavy atom. The van der Waals surface area contributed by atoms with Gasteiger partial charge in [-0.05, 0) is 56.8 Å². The third-order valence-electron chi connectivity index (χ3n) is 6.58. The van der Waals surface area contributed by atoms with E-state index in [1.165, 1.54) is 45.1 Å². The summed E-state index contributed by atoms with van der Waals surface area (Å²) in [6, 6.07) is 0.492.